The number of nitrogens with one attached hydrogen (secondary N) is 1. The van der Waals surface area contributed by atoms with Gasteiger partial charge in [0, 0.05) is 10.9 Å². The Kier molecular flexibility index (Phi) is 5.05. The Balaban J connectivity index is 2.13. The van der Waals surface area contributed by atoms with E-state index >= 15 is 0 Å². The molecule has 0 spiro atoms. The Labute approximate surface area is 110 Å². The van der Waals surface area contributed by atoms with Gasteiger partial charge in [-0.25, -0.2) is 0 Å². The summed E-state index contributed by atoms with van der Waals surface area (Å²) in [4.78, 5) is 1.58. The van der Waals surface area contributed by atoms with Crippen molar-refractivity contribution >= 4 is 11.3 Å². The van der Waals surface area contributed by atoms with Gasteiger partial charge in [-0.05, 0) is 49.2 Å². The van der Waals surface area contributed by atoms with Gasteiger partial charge in [0.2, 0.25) is 0 Å². The zero-order chi connectivity index (χ0) is 12.1. The highest BCUT2D eigenvalue weighted by Gasteiger charge is 2.25. The van der Waals surface area contributed by atoms with Crippen molar-refractivity contribution in [2.24, 2.45) is 5.92 Å². The van der Waals surface area contributed by atoms with Crippen molar-refractivity contribution in [1.82, 2.24) is 5.32 Å². The molecule has 0 aromatic carbocycles. The number of thiophene rings is 1. The van der Waals surface area contributed by atoms with Gasteiger partial charge < -0.3 is 5.32 Å². The van der Waals surface area contributed by atoms with Crippen LogP contribution in [0.3, 0.4) is 0 Å². The van der Waals surface area contributed by atoms with Crippen molar-refractivity contribution in [2.75, 3.05) is 6.54 Å². The molecule has 1 aromatic heterocycles. The third-order valence-electron chi connectivity index (χ3n) is 3.98. The molecule has 1 N–H and O–H groups in total. The lowest BCUT2D eigenvalue weighted by Crippen LogP contribution is -2.28. The molecule has 0 bridgehead atoms. The summed E-state index contributed by atoms with van der Waals surface area (Å²) in [7, 11) is 0. The molecule has 96 valence electrons. The lowest BCUT2D eigenvalue weighted by Gasteiger charge is -2.27. The van der Waals surface area contributed by atoms with Crippen LogP contribution in [0.5, 0.6) is 0 Å². The van der Waals surface area contributed by atoms with Crippen LogP contribution in [-0.2, 0) is 0 Å². The fraction of sp³-hybridized carbons (Fsp3) is 0.733. The second-order valence-electron chi connectivity index (χ2n) is 5.25. The Bertz CT molecular complexity index is 323. The van der Waals surface area contributed by atoms with Crippen LogP contribution >= 0.6 is 11.3 Å². The van der Waals surface area contributed by atoms with E-state index in [1.807, 2.05) is 11.3 Å². The van der Waals surface area contributed by atoms with Crippen LogP contribution < -0.4 is 5.32 Å². The fourth-order valence-electron chi connectivity index (χ4n) is 3.04. The van der Waals surface area contributed by atoms with Crippen LogP contribution in [0.2, 0.25) is 0 Å². The molecule has 1 heterocycles. The minimum absolute atomic E-state index is 0.609. The minimum atomic E-state index is 0.609. The summed E-state index contributed by atoms with van der Waals surface area (Å²) >= 11 is 1.94. The van der Waals surface area contributed by atoms with Crippen LogP contribution in [0, 0.1) is 12.8 Å². The first-order valence-corrected chi connectivity index (χ1v) is 7.98. The maximum Gasteiger partial charge on any atom is 0.0446 e. The average Bonchev–Trinajstić information content (AvgIpc) is 2.60. The van der Waals surface area contributed by atoms with Crippen molar-refractivity contribution in [1.29, 1.82) is 0 Å². The summed E-state index contributed by atoms with van der Waals surface area (Å²) in [6.07, 6.45) is 8.56. The second-order valence-corrected chi connectivity index (χ2v) is 6.20. The molecule has 1 fully saturated rings. The zero-order valence-corrected chi connectivity index (χ0v) is 12.0. The van der Waals surface area contributed by atoms with Crippen molar-refractivity contribution < 1.29 is 0 Å². The molecule has 1 aromatic rings. The SMILES string of the molecule is CCNC(c1sccc1C)C1CCCCCC1. The smallest absolute Gasteiger partial charge is 0.0446 e. The molecule has 0 amide bonds. The van der Waals surface area contributed by atoms with Gasteiger partial charge in [0.05, 0.1) is 0 Å². The lowest BCUT2D eigenvalue weighted by molar-refractivity contribution is 0.333. The summed E-state index contributed by atoms with van der Waals surface area (Å²) in [6, 6.07) is 2.87. The zero-order valence-electron chi connectivity index (χ0n) is 11.2. The van der Waals surface area contributed by atoms with Crippen LogP contribution in [0.4, 0.5) is 0 Å². The molecular weight excluding hydrogens is 226 g/mol. The molecule has 0 radical (unpaired) electrons. The van der Waals surface area contributed by atoms with E-state index in [2.05, 4.69) is 30.6 Å². The largest absolute Gasteiger partial charge is 0.309 e. The highest BCUT2D eigenvalue weighted by Crippen LogP contribution is 2.36. The molecule has 0 aliphatic heterocycles. The van der Waals surface area contributed by atoms with Gasteiger partial charge in [0.15, 0.2) is 0 Å². The van der Waals surface area contributed by atoms with E-state index in [1.165, 1.54) is 44.1 Å². The quantitative estimate of drug-likeness (QED) is 0.766. The molecule has 1 aliphatic rings. The Morgan fingerprint density at radius 1 is 1.29 bits per heavy atom. The lowest BCUT2D eigenvalue weighted by atomic mass is 9.89. The first-order chi connectivity index (χ1) is 8.33. The van der Waals surface area contributed by atoms with Crippen molar-refractivity contribution in [2.45, 2.75) is 58.4 Å². The Hall–Kier alpha value is -0.340. The second kappa shape index (κ2) is 6.55. The van der Waals surface area contributed by atoms with Crippen LogP contribution in [0.1, 0.15) is 61.9 Å². The van der Waals surface area contributed by atoms with E-state index in [1.54, 1.807) is 4.88 Å². The highest BCUT2D eigenvalue weighted by atomic mass is 32.1. The standard InChI is InChI=1S/C15H25NS/c1-3-16-14(15-12(2)10-11-17-15)13-8-6-4-5-7-9-13/h10-11,13-14,16H,3-9H2,1-2H3. The van der Waals surface area contributed by atoms with Gasteiger partial charge in [0.1, 0.15) is 0 Å². The molecule has 1 saturated carbocycles. The predicted molar refractivity (Wildman–Crippen MR) is 76.7 cm³/mol. The summed E-state index contributed by atoms with van der Waals surface area (Å²) in [5.41, 5.74) is 1.48. The molecule has 1 aliphatic carbocycles. The van der Waals surface area contributed by atoms with Crippen LogP contribution in [0.25, 0.3) is 0 Å². The fourth-order valence-corrected chi connectivity index (χ4v) is 4.14. The van der Waals surface area contributed by atoms with E-state index < -0.39 is 0 Å². The van der Waals surface area contributed by atoms with Gasteiger partial charge >= 0.3 is 0 Å². The minimum Gasteiger partial charge on any atom is -0.309 e. The third kappa shape index (κ3) is 3.32. The average molecular weight is 251 g/mol. The molecule has 2 heteroatoms. The van der Waals surface area contributed by atoms with E-state index in [0.717, 1.165) is 12.5 Å². The van der Waals surface area contributed by atoms with Crippen molar-refractivity contribution in [3.8, 4) is 0 Å². The van der Waals surface area contributed by atoms with Gasteiger partial charge in [-0.3, -0.25) is 0 Å². The molecule has 1 atom stereocenters. The van der Waals surface area contributed by atoms with E-state index in [4.69, 9.17) is 0 Å². The maximum absolute atomic E-state index is 3.73. The van der Waals surface area contributed by atoms with E-state index in [-0.39, 0.29) is 0 Å². The molecule has 1 nitrogen and oxygen atoms in total. The highest BCUT2D eigenvalue weighted by molar-refractivity contribution is 7.10. The Morgan fingerprint density at radius 2 is 2.00 bits per heavy atom. The Morgan fingerprint density at radius 3 is 2.53 bits per heavy atom. The topological polar surface area (TPSA) is 12.0 Å². The monoisotopic (exact) mass is 251 g/mol. The number of rotatable bonds is 4. The van der Waals surface area contributed by atoms with E-state index in [0.29, 0.717) is 6.04 Å². The molecule has 17 heavy (non-hydrogen) atoms. The summed E-state index contributed by atoms with van der Waals surface area (Å²) in [6.45, 7) is 5.57. The molecular formula is C15H25NS. The molecule has 2 rings (SSSR count). The summed E-state index contributed by atoms with van der Waals surface area (Å²) in [5, 5.41) is 5.98. The number of hydrogen-bond acceptors (Lipinski definition) is 2. The van der Waals surface area contributed by atoms with Crippen LogP contribution in [0.15, 0.2) is 11.4 Å². The third-order valence-corrected chi connectivity index (χ3v) is 5.08. The predicted octanol–water partition coefficient (Wildman–Crippen LogP) is 4.68. The van der Waals surface area contributed by atoms with Gasteiger partial charge in [-0.15, -0.1) is 11.3 Å². The van der Waals surface area contributed by atoms with Crippen molar-refractivity contribution in [3.63, 3.8) is 0 Å². The maximum atomic E-state index is 3.73. The first-order valence-electron chi connectivity index (χ1n) is 7.10. The van der Waals surface area contributed by atoms with Crippen LogP contribution in [-0.4, -0.2) is 6.54 Å². The first kappa shape index (κ1) is 13.1. The molecule has 0 saturated heterocycles. The van der Waals surface area contributed by atoms with Gasteiger partial charge in [-0.2, -0.15) is 0 Å². The number of aryl methyl sites for hydroxylation is 1. The number of hydrogen-bond donors (Lipinski definition) is 1. The summed E-state index contributed by atoms with van der Waals surface area (Å²) in [5.74, 6) is 0.856. The van der Waals surface area contributed by atoms with Gasteiger partial charge in [-0.1, -0.05) is 32.6 Å². The normalized spacial score (nSPS) is 20.1. The van der Waals surface area contributed by atoms with Crippen molar-refractivity contribution in [3.05, 3.63) is 21.9 Å². The van der Waals surface area contributed by atoms with E-state index in [9.17, 15) is 0 Å². The molecule has 1 unspecified atom stereocenters. The van der Waals surface area contributed by atoms with Gasteiger partial charge in [0.25, 0.3) is 0 Å². The summed E-state index contributed by atoms with van der Waals surface area (Å²) < 4.78 is 0.